The highest BCUT2D eigenvalue weighted by molar-refractivity contribution is 5.74. The van der Waals surface area contributed by atoms with Crippen molar-refractivity contribution in [2.75, 3.05) is 0 Å². The van der Waals surface area contributed by atoms with Gasteiger partial charge in [0.2, 0.25) is 0 Å². The molecule has 0 aliphatic rings. The molecule has 1 N–H and O–H groups in total. The summed E-state index contributed by atoms with van der Waals surface area (Å²) in [5, 5.41) is 9.43. The third-order valence-electron chi connectivity index (χ3n) is 4.50. The molecule has 0 aliphatic carbocycles. The van der Waals surface area contributed by atoms with Crippen LogP contribution in [0.1, 0.15) is 25.8 Å². The Hall–Kier alpha value is -2.74. The van der Waals surface area contributed by atoms with Gasteiger partial charge in [-0.15, -0.1) is 0 Å². The van der Waals surface area contributed by atoms with E-state index in [1.807, 2.05) is 24.3 Å². The van der Waals surface area contributed by atoms with E-state index in [4.69, 9.17) is 4.74 Å². The number of rotatable bonds is 5. The van der Waals surface area contributed by atoms with Crippen LogP contribution in [-0.2, 0) is 0 Å². The number of phenols is 1. The quantitative estimate of drug-likeness (QED) is 0.601. The lowest BCUT2D eigenvalue weighted by Crippen LogP contribution is -2.09. The first kappa shape index (κ1) is 17.1. The Morgan fingerprint density at radius 3 is 2.04 bits per heavy atom. The topological polar surface area (TPSA) is 29.5 Å². The van der Waals surface area contributed by atoms with Crippen LogP contribution >= 0.6 is 0 Å². The van der Waals surface area contributed by atoms with E-state index >= 15 is 0 Å². The Kier molecular flexibility index (Phi) is 5.08. The van der Waals surface area contributed by atoms with Gasteiger partial charge in [0, 0.05) is 0 Å². The van der Waals surface area contributed by atoms with Crippen molar-refractivity contribution in [1.29, 1.82) is 0 Å². The van der Waals surface area contributed by atoms with Crippen molar-refractivity contribution < 1.29 is 9.84 Å². The number of benzene rings is 3. The predicted molar refractivity (Wildman–Crippen MR) is 104 cm³/mol. The molecule has 0 saturated carbocycles. The highest BCUT2D eigenvalue weighted by Crippen LogP contribution is 2.30. The molecule has 3 aromatic carbocycles. The lowest BCUT2D eigenvalue weighted by molar-refractivity contribution is 0.217. The largest absolute Gasteiger partial charge is 0.508 e. The molecule has 25 heavy (non-hydrogen) atoms. The van der Waals surface area contributed by atoms with Crippen LogP contribution in [0.4, 0.5) is 0 Å². The number of hydrogen-bond donors (Lipinski definition) is 1. The molecule has 3 aromatic rings. The van der Waals surface area contributed by atoms with Gasteiger partial charge in [-0.1, -0.05) is 49.4 Å². The third-order valence-corrected chi connectivity index (χ3v) is 4.50. The van der Waals surface area contributed by atoms with Crippen LogP contribution in [-0.4, -0.2) is 11.2 Å². The maximum absolute atomic E-state index is 9.43. The molecule has 3 rings (SSSR count). The first-order valence-corrected chi connectivity index (χ1v) is 8.74. The molecule has 2 nitrogen and oxygen atoms in total. The average Bonchev–Trinajstić information content (AvgIpc) is 2.63. The predicted octanol–water partition coefficient (Wildman–Crippen LogP) is 6.21. The summed E-state index contributed by atoms with van der Waals surface area (Å²) in [5.74, 6) is 1.20. The highest BCUT2D eigenvalue weighted by atomic mass is 16.5. The number of aromatic hydroxyl groups is 1. The molecule has 0 amide bonds. The van der Waals surface area contributed by atoms with E-state index in [-0.39, 0.29) is 11.9 Å². The maximum Gasteiger partial charge on any atom is 0.119 e. The molecular formula is C23H24O2. The third kappa shape index (κ3) is 4.03. The molecular weight excluding hydrogens is 308 g/mol. The summed E-state index contributed by atoms with van der Waals surface area (Å²) in [6.45, 7) is 6.33. The smallest absolute Gasteiger partial charge is 0.119 e. The number of ether oxygens (including phenoxy) is 1. The fourth-order valence-corrected chi connectivity index (χ4v) is 2.85. The molecule has 0 aromatic heterocycles. The SMILES string of the molecule is CC[C@H](C)Oc1ccc(-c2ccc(-c3ccc(O)cc3)cc2C)cc1. The van der Waals surface area contributed by atoms with Crippen molar-refractivity contribution in [1.82, 2.24) is 0 Å². The molecule has 0 saturated heterocycles. The molecule has 1 atom stereocenters. The lowest BCUT2D eigenvalue weighted by atomic mass is 9.96. The first-order chi connectivity index (χ1) is 12.1. The standard InChI is InChI=1S/C23H24O2/c1-4-17(3)25-22-12-7-19(8-13-22)23-14-9-20(15-16(23)2)18-5-10-21(24)11-6-18/h5-15,17,24H,4H2,1-3H3/t17-/m0/s1. The molecule has 0 fully saturated rings. The average molecular weight is 332 g/mol. The van der Waals surface area contributed by atoms with Gasteiger partial charge in [0.05, 0.1) is 6.10 Å². The Morgan fingerprint density at radius 1 is 0.840 bits per heavy atom. The Morgan fingerprint density at radius 2 is 1.44 bits per heavy atom. The summed E-state index contributed by atoms with van der Waals surface area (Å²) in [6.07, 6.45) is 1.23. The van der Waals surface area contributed by atoms with E-state index in [2.05, 4.69) is 51.1 Å². The van der Waals surface area contributed by atoms with Gasteiger partial charge in [-0.25, -0.2) is 0 Å². The van der Waals surface area contributed by atoms with Crippen LogP contribution < -0.4 is 4.74 Å². The van der Waals surface area contributed by atoms with Gasteiger partial charge < -0.3 is 9.84 Å². The minimum absolute atomic E-state index is 0.233. The fraction of sp³-hybridized carbons (Fsp3) is 0.217. The fourth-order valence-electron chi connectivity index (χ4n) is 2.85. The van der Waals surface area contributed by atoms with E-state index in [9.17, 15) is 5.11 Å². The summed E-state index contributed by atoms with van der Waals surface area (Å²) in [6, 6.07) is 22.1. The molecule has 0 radical (unpaired) electrons. The van der Waals surface area contributed by atoms with Gasteiger partial charge >= 0.3 is 0 Å². The zero-order chi connectivity index (χ0) is 17.8. The highest BCUT2D eigenvalue weighted by Gasteiger charge is 2.06. The van der Waals surface area contributed by atoms with Gasteiger partial charge in [0.1, 0.15) is 11.5 Å². The summed E-state index contributed by atoms with van der Waals surface area (Å²) < 4.78 is 5.85. The molecule has 2 heteroatoms. The Balaban J connectivity index is 1.84. The van der Waals surface area contributed by atoms with Gasteiger partial charge in [0.25, 0.3) is 0 Å². The number of hydrogen-bond acceptors (Lipinski definition) is 2. The minimum atomic E-state index is 0.233. The molecule has 0 spiro atoms. The van der Waals surface area contributed by atoms with Crippen LogP contribution in [0.15, 0.2) is 66.7 Å². The Bertz CT molecular complexity index is 833. The van der Waals surface area contributed by atoms with Gasteiger partial charge in [-0.05, 0) is 72.4 Å². The van der Waals surface area contributed by atoms with Crippen molar-refractivity contribution in [2.45, 2.75) is 33.3 Å². The summed E-state index contributed by atoms with van der Waals surface area (Å²) in [5.41, 5.74) is 5.88. The zero-order valence-corrected chi connectivity index (χ0v) is 15.0. The van der Waals surface area contributed by atoms with Crippen molar-refractivity contribution in [3.8, 4) is 33.8 Å². The Labute approximate surface area is 149 Å². The second kappa shape index (κ2) is 7.43. The molecule has 0 unspecified atom stereocenters. The van der Waals surface area contributed by atoms with E-state index in [1.54, 1.807) is 12.1 Å². The summed E-state index contributed by atoms with van der Waals surface area (Å²) in [7, 11) is 0. The van der Waals surface area contributed by atoms with E-state index in [1.165, 1.54) is 16.7 Å². The van der Waals surface area contributed by atoms with Crippen LogP contribution in [0.5, 0.6) is 11.5 Å². The number of phenolic OH excluding ortho intramolecular Hbond substituents is 1. The summed E-state index contributed by atoms with van der Waals surface area (Å²) >= 11 is 0. The minimum Gasteiger partial charge on any atom is -0.508 e. The molecule has 0 aliphatic heterocycles. The van der Waals surface area contributed by atoms with Crippen LogP contribution in [0.2, 0.25) is 0 Å². The van der Waals surface area contributed by atoms with Crippen molar-refractivity contribution in [3.63, 3.8) is 0 Å². The molecule has 0 bridgehead atoms. The van der Waals surface area contributed by atoms with Crippen LogP contribution in [0, 0.1) is 6.92 Å². The second-order valence-electron chi connectivity index (χ2n) is 6.44. The van der Waals surface area contributed by atoms with Gasteiger partial charge in [-0.2, -0.15) is 0 Å². The van der Waals surface area contributed by atoms with E-state index in [0.717, 1.165) is 23.3 Å². The second-order valence-corrected chi connectivity index (χ2v) is 6.44. The van der Waals surface area contributed by atoms with Gasteiger partial charge in [0.15, 0.2) is 0 Å². The van der Waals surface area contributed by atoms with Crippen molar-refractivity contribution in [2.24, 2.45) is 0 Å². The normalized spacial score (nSPS) is 12.0. The van der Waals surface area contributed by atoms with E-state index in [0.29, 0.717) is 0 Å². The molecule has 128 valence electrons. The molecule has 0 heterocycles. The van der Waals surface area contributed by atoms with Crippen LogP contribution in [0.3, 0.4) is 0 Å². The maximum atomic E-state index is 9.43. The van der Waals surface area contributed by atoms with Gasteiger partial charge in [-0.3, -0.25) is 0 Å². The number of aryl methyl sites for hydroxylation is 1. The van der Waals surface area contributed by atoms with E-state index < -0.39 is 0 Å². The monoisotopic (exact) mass is 332 g/mol. The lowest BCUT2D eigenvalue weighted by Gasteiger charge is -2.14. The zero-order valence-electron chi connectivity index (χ0n) is 15.0. The van der Waals surface area contributed by atoms with Crippen molar-refractivity contribution >= 4 is 0 Å². The van der Waals surface area contributed by atoms with Crippen LogP contribution in [0.25, 0.3) is 22.3 Å². The van der Waals surface area contributed by atoms with Crippen molar-refractivity contribution in [3.05, 3.63) is 72.3 Å². The summed E-state index contributed by atoms with van der Waals surface area (Å²) in [4.78, 5) is 0. The first-order valence-electron chi connectivity index (χ1n) is 8.74.